The standard InChI is InChI=1S/C25H22BrF5N4O5/c1-34-8-10-35(11-9-34)24(37)38-12-17(39-16-7-6-15(27)18(19(16)28)22(32)36)23-33-20(21(26)40-23)13-2-4-14(5-3-13)25(29,30)31/h2-7,17H,8-12H2,1H3,(H2,32,36). The number of ether oxygens (including phenoxy) is 2. The number of piperazine rings is 1. The molecule has 15 heteroatoms. The second kappa shape index (κ2) is 11.8. The van der Waals surface area contributed by atoms with Crippen molar-refractivity contribution >= 4 is 27.9 Å². The molecule has 1 atom stereocenters. The number of oxazole rings is 1. The Morgan fingerprint density at radius 2 is 1.75 bits per heavy atom. The number of halogens is 6. The summed E-state index contributed by atoms with van der Waals surface area (Å²) in [5.74, 6) is -4.84. The summed E-state index contributed by atoms with van der Waals surface area (Å²) in [5, 5.41) is 0. The Bertz CT molecular complexity index is 1390. The normalized spacial score (nSPS) is 15.1. The first-order valence-electron chi connectivity index (χ1n) is 11.7. The van der Waals surface area contributed by atoms with Crippen LogP contribution in [0.3, 0.4) is 0 Å². The van der Waals surface area contributed by atoms with Gasteiger partial charge in [-0.05, 0) is 47.2 Å². The van der Waals surface area contributed by atoms with E-state index in [1.807, 2.05) is 11.9 Å². The zero-order chi connectivity index (χ0) is 29.2. The van der Waals surface area contributed by atoms with E-state index < -0.39 is 59.4 Å². The van der Waals surface area contributed by atoms with Gasteiger partial charge in [-0.25, -0.2) is 18.6 Å². The zero-order valence-corrected chi connectivity index (χ0v) is 22.4. The lowest BCUT2D eigenvalue weighted by Crippen LogP contribution is -2.47. The summed E-state index contributed by atoms with van der Waals surface area (Å²) in [4.78, 5) is 31.9. The third-order valence-corrected chi connectivity index (χ3v) is 6.59. The van der Waals surface area contributed by atoms with Crippen LogP contribution in [0.2, 0.25) is 0 Å². The summed E-state index contributed by atoms with van der Waals surface area (Å²) in [7, 11) is 1.90. The SMILES string of the molecule is CN1CCN(C(=O)OCC(Oc2ccc(F)c(C(N)=O)c2F)c2nc(-c3ccc(C(F)(F)F)cc3)c(Br)o2)CC1. The minimum absolute atomic E-state index is 0.00124. The van der Waals surface area contributed by atoms with Gasteiger partial charge in [0.2, 0.25) is 12.0 Å². The van der Waals surface area contributed by atoms with Crippen LogP contribution in [0, 0.1) is 11.6 Å². The highest BCUT2D eigenvalue weighted by Gasteiger charge is 2.32. The predicted molar refractivity (Wildman–Crippen MR) is 133 cm³/mol. The molecule has 2 aromatic carbocycles. The molecule has 4 rings (SSSR count). The molecule has 0 bridgehead atoms. The summed E-state index contributed by atoms with van der Waals surface area (Å²) in [5.41, 5.74) is 3.50. The molecule has 40 heavy (non-hydrogen) atoms. The number of benzene rings is 2. The van der Waals surface area contributed by atoms with Gasteiger partial charge in [0.15, 0.2) is 16.2 Å². The van der Waals surface area contributed by atoms with Gasteiger partial charge in [-0.3, -0.25) is 4.79 Å². The van der Waals surface area contributed by atoms with Crippen molar-refractivity contribution in [3.05, 3.63) is 69.7 Å². The van der Waals surface area contributed by atoms with Crippen molar-refractivity contribution in [1.82, 2.24) is 14.8 Å². The third-order valence-electron chi connectivity index (χ3n) is 6.05. The number of aromatic nitrogens is 1. The second-order valence-corrected chi connectivity index (χ2v) is 9.54. The van der Waals surface area contributed by atoms with Gasteiger partial charge in [0.25, 0.3) is 5.91 Å². The topological polar surface area (TPSA) is 111 Å². The number of amides is 2. The molecular weight excluding hydrogens is 611 g/mol. The maximum Gasteiger partial charge on any atom is 0.416 e. The molecule has 9 nitrogen and oxygen atoms in total. The van der Waals surface area contributed by atoms with Gasteiger partial charge < -0.3 is 29.4 Å². The van der Waals surface area contributed by atoms with Crippen molar-refractivity contribution < 1.29 is 45.4 Å². The molecule has 214 valence electrons. The number of nitrogens with two attached hydrogens (primary N) is 1. The van der Waals surface area contributed by atoms with Crippen LogP contribution in [0.25, 0.3) is 11.3 Å². The van der Waals surface area contributed by atoms with Gasteiger partial charge in [-0.2, -0.15) is 13.2 Å². The van der Waals surface area contributed by atoms with E-state index in [0.29, 0.717) is 26.2 Å². The minimum Gasteiger partial charge on any atom is -0.474 e. The Hall–Kier alpha value is -3.72. The van der Waals surface area contributed by atoms with E-state index in [1.54, 1.807) is 0 Å². The van der Waals surface area contributed by atoms with Crippen molar-refractivity contribution in [3.8, 4) is 17.0 Å². The first-order valence-corrected chi connectivity index (χ1v) is 12.5. The van der Waals surface area contributed by atoms with Crippen molar-refractivity contribution in [3.63, 3.8) is 0 Å². The van der Waals surface area contributed by atoms with Crippen LogP contribution < -0.4 is 10.5 Å². The molecular formula is C25H22BrF5N4O5. The Balaban J connectivity index is 1.63. The van der Waals surface area contributed by atoms with Gasteiger partial charge >= 0.3 is 12.3 Å². The molecule has 2 heterocycles. The molecule has 1 unspecified atom stereocenters. The predicted octanol–water partition coefficient (Wildman–Crippen LogP) is 5.00. The Kier molecular flexibility index (Phi) is 8.63. The largest absolute Gasteiger partial charge is 0.474 e. The number of nitrogens with zero attached hydrogens (tertiary/aromatic N) is 3. The fourth-order valence-electron chi connectivity index (χ4n) is 3.84. The highest BCUT2D eigenvalue weighted by atomic mass is 79.9. The monoisotopic (exact) mass is 632 g/mol. The number of rotatable bonds is 7. The van der Waals surface area contributed by atoms with Crippen LogP contribution in [0.1, 0.15) is 27.9 Å². The summed E-state index contributed by atoms with van der Waals surface area (Å²) in [6, 6.07) is 5.75. The third kappa shape index (κ3) is 6.53. The van der Waals surface area contributed by atoms with Crippen molar-refractivity contribution in [2.45, 2.75) is 12.3 Å². The maximum atomic E-state index is 14.9. The van der Waals surface area contributed by atoms with Gasteiger partial charge in [0, 0.05) is 31.7 Å². The summed E-state index contributed by atoms with van der Waals surface area (Å²) in [6.45, 7) is 1.49. The Labute approximate surface area is 232 Å². The van der Waals surface area contributed by atoms with Crippen LogP contribution in [0.4, 0.5) is 26.7 Å². The highest BCUT2D eigenvalue weighted by molar-refractivity contribution is 9.10. The highest BCUT2D eigenvalue weighted by Crippen LogP contribution is 2.36. The van der Waals surface area contributed by atoms with Gasteiger partial charge in [0.1, 0.15) is 23.7 Å². The molecule has 0 spiro atoms. The zero-order valence-electron chi connectivity index (χ0n) is 20.8. The number of alkyl halides is 3. The van der Waals surface area contributed by atoms with E-state index in [4.69, 9.17) is 19.6 Å². The molecule has 0 saturated carbocycles. The molecule has 3 aromatic rings. The fourth-order valence-corrected chi connectivity index (χ4v) is 4.32. The number of hydrogen-bond donors (Lipinski definition) is 1. The smallest absolute Gasteiger partial charge is 0.416 e. The number of carbonyl (C=O) groups excluding carboxylic acids is 2. The van der Waals surface area contributed by atoms with E-state index >= 15 is 0 Å². The first-order chi connectivity index (χ1) is 18.8. The van der Waals surface area contributed by atoms with Crippen LogP contribution in [0.15, 0.2) is 45.5 Å². The molecule has 1 aromatic heterocycles. The average molecular weight is 633 g/mol. The molecule has 0 aliphatic carbocycles. The molecule has 1 aliphatic heterocycles. The number of likely N-dealkylation sites (N-methyl/N-ethyl adjacent to an activating group) is 1. The van der Waals surface area contributed by atoms with Crippen LogP contribution in [-0.4, -0.2) is 66.6 Å². The van der Waals surface area contributed by atoms with E-state index in [0.717, 1.165) is 24.3 Å². The average Bonchev–Trinajstić information content (AvgIpc) is 3.28. The molecule has 2 N–H and O–H groups in total. The number of primary amides is 1. The molecule has 1 fully saturated rings. The van der Waals surface area contributed by atoms with Gasteiger partial charge in [0.05, 0.1) is 5.56 Å². The lowest BCUT2D eigenvalue weighted by molar-refractivity contribution is -0.137. The number of hydrogen-bond acceptors (Lipinski definition) is 7. The molecule has 1 aliphatic rings. The lowest BCUT2D eigenvalue weighted by atomic mass is 10.1. The van der Waals surface area contributed by atoms with Crippen molar-refractivity contribution in [2.24, 2.45) is 5.73 Å². The lowest BCUT2D eigenvalue weighted by Gasteiger charge is -2.31. The fraction of sp³-hybridized carbons (Fsp3) is 0.320. The minimum atomic E-state index is -4.54. The van der Waals surface area contributed by atoms with Crippen molar-refractivity contribution in [1.29, 1.82) is 0 Å². The quantitative estimate of drug-likeness (QED) is 0.365. The van der Waals surface area contributed by atoms with E-state index in [9.17, 15) is 31.5 Å². The van der Waals surface area contributed by atoms with Crippen LogP contribution in [-0.2, 0) is 10.9 Å². The summed E-state index contributed by atoms with van der Waals surface area (Å²) >= 11 is 3.16. The Morgan fingerprint density at radius 3 is 2.35 bits per heavy atom. The van der Waals surface area contributed by atoms with Crippen LogP contribution in [0.5, 0.6) is 5.75 Å². The molecule has 0 radical (unpaired) electrons. The van der Waals surface area contributed by atoms with Crippen LogP contribution >= 0.6 is 15.9 Å². The van der Waals surface area contributed by atoms with Gasteiger partial charge in [-0.1, -0.05) is 12.1 Å². The second-order valence-electron chi connectivity index (χ2n) is 8.82. The van der Waals surface area contributed by atoms with Crippen molar-refractivity contribution in [2.75, 3.05) is 39.8 Å². The maximum absolute atomic E-state index is 14.9. The van der Waals surface area contributed by atoms with E-state index in [2.05, 4.69) is 20.9 Å². The van der Waals surface area contributed by atoms with E-state index in [-0.39, 0.29) is 21.8 Å². The first kappa shape index (κ1) is 29.3. The summed E-state index contributed by atoms with van der Waals surface area (Å²) in [6.07, 6.45) is -6.65. The molecule has 1 saturated heterocycles. The summed E-state index contributed by atoms with van der Waals surface area (Å²) < 4.78 is 84.4. The Morgan fingerprint density at radius 1 is 1.10 bits per heavy atom. The number of carbonyl (C=O) groups is 2. The van der Waals surface area contributed by atoms with Gasteiger partial charge in [-0.15, -0.1) is 0 Å². The van der Waals surface area contributed by atoms with E-state index in [1.165, 1.54) is 17.0 Å². The molecule has 2 amide bonds.